The van der Waals surface area contributed by atoms with Gasteiger partial charge in [0, 0.05) is 11.3 Å². The van der Waals surface area contributed by atoms with Crippen LogP contribution in [0.15, 0.2) is 24.3 Å². The monoisotopic (exact) mass is 466 g/mol. The van der Waals surface area contributed by atoms with E-state index in [9.17, 15) is 24.0 Å². The van der Waals surface area contributed by atoms with Crippen molar-refractivity contribution in [1.82, 2.24) is 4.90 Å². The predicted octanol–water partition coefficient (Wildman–Crippen LogP) is 1.84. The third kappa shape index (κ3) is 3.83. The van der Waals surface area contributed by atoms with E-state index in [1.54, 1.807) is 18.2 Å². The van der Waals surface area contributed by atoms with Crippen LogP contribution >= 0.6 is 23.2 Å². The summed E-state index contributed by atoms with van der Waals surface area (Å²) in [6.45, 7) is 0.256. The van der Waals surface area contributed by atoms with Crippen molar-refractivity contribution in [3.63, 3.8) is 0 Å². The Balaban J connectivity index is 1.31. The molecule has 10 heteroatoms. The van der Waals surface area contributed by atoms with Gasteiger partial charge in [0.1, 0.15) is 6.54 Å². The summed E-state index contributed by atoms with van der Waals surface area (Å²) >= 11 is 12.6. The van der Waals surface area contributed by atoms with Gasteiger partial charge in [0.2, 0.25) is 11.8 Å². The normalized spacial score (nSPS) is 31.0. The first-order chi connectivity index (χ1) is 14.7. The zero-order chi connectivity index (χ0) is 22.4. The minimum absolute atomic E-state index is 0.151. The van der Waals surface area contributed by atoms with Gasteiger partial charge < -0.3 is 10.1 Å². The Hall–Kier alpha value is -2.45. The number of carbonyl (C=O) groups excluding carboxylic acids is 5. The molecule has 31 heavy (non-hydrogen) atoms. The van der Waals surface area contributed by atoms with Crippen molar-refractivity contribution in [2.24, 2.45) is 23.7 Å². The number of likely N-dealkylation sites (tertiary alicyclic amines) is 1. The quantitative estimate of drug-likeness (QED) is 0.296. The standard InChI is InChI=1S/C21H20Cl2N2O6/c1-9(26)10-3-2-4-11(5-10)24-14(27)8-31-15(28)7-25-20(29)16-12-6-13(17(16)21(25)30)19(23)18(12)22/h2-5,12-13,16-19H,6-8H2,1H3,(H,24,27)/t12-,13-,16-,17+,18+,19+/m1/s1. The highest BCUT2D eigenvalue weighted by Gasteiger charge is 2.66. The van der Waals surface area contributed by atoms with E-state index in [-0.39, 0.29) is 28.4 Å². The lowest BCUT2D eigenvalue weighted by Crippen LogP contribution is -2.38. The van der Waals surface area contributed by atoms with Crippen molar-refractivity contribution >= 4 is 58.4 Å². The van der Waals surface area contributed by atoms with Gasteiger partial charge in [0.15, 0.2) is 12.4 Å². The number of ketones is 1. The number of esters is 1. The molecule has 6 atom stereocenters. The van der Waals surface area contributed by atoms with Gasteiger partial charge in [-0.25, -0.2) is 0 Å². The Bertz CT molecular complexity index is 950. The molecule has 0 radical (unpaired) electrons. The molecule has 1 heterocycles. The molecule has 3 amide bonds. The van der Waals surface area contributed by atoms with E-state index in [0.717, 1.165) is 4.90 Å². The van der Waals surface area contributed by atoms with Crippen LogP contribution in [0, 0.1) is 23.7 Å². The Morgan fingerprint density at radius 3 is 2.29 bits per heavy atom. The summed E-state index contributed by atoms with van der Waals surface area (Å²) in [7, 11) is 0. The number of benzene rings is 1. The second-order valence-electron chi connectivity index (χ2n) is 8.11. The number of rotatable bonds is 6. The number of ether oxygens (including phenoxy) is 1. The van der Waals surface area contributed by atoms with Gasteiger partial charge in [-0.2, -0.15) is 0 Å². The molecule has 0 unspecified atom stereocenters. The molecule has 164 valence electrons. The molecule has 2 aliphatic carbocycles. The van der Waals surface area contributed by atoms with Crippen molar-refractivity contribution in [3.8, 4) is 0 Å². The Morgan fingerprint density at radius 2 is 1.71 bits per heavy atom. The van der Waals surface area contributed by atoms with Crippen LogP contribution in [0.1, 0.15) is 23.7 Å². The van der Waals surface area contributed by atoms with E-state index < -0.39 is 48.7 Å². The molecular formula is C21H20Cl2N2O6. The van der Waals surface area contributed by atoms with Crippen LogP contribution in [-0.4, -0.2) is 58.3 Å². The molecule has 3 fully saturated rings. The second-order valence-corrected chi connectivity index (χ2v) is 9.12. The Kier molecular flexibility index (Phi) is 5.79. The van der Waals surface area contributed by atoms with Crippen molar-refractivity contribution in [2.45, 2.75) is 24.1 Å². The molecule has 2 bridgehead atoms. The molecule has 3 aliphatic rings. The lowest BCUT2D eigenvalue weighted by Gasteiger charge is -2.28. The minimum atomic E-state index is -0.869. The number of fused-ring (bicyclic) bond motifs is 5. The number of amides is 3. The van der Waals surface area contributed by atoms with Crippen LogP contribution in [0.3, 0.4) is 0 Å². The number of alkyl halides is 2. The number of imide groups is 1. The van der Waals surface area contributed by atoms with E-state index >= 15 is 0 Å². The van der Waals surface area contributed by atoms with Crippen LogP contribution in [0.25, 0.3) is 0 Å². The first kappa shape index (κ1) is 21.8. The second kappa shape index (κ2) is 8.24. The van der Waals surface area contributed by atoms with Crippen LogP contribution in [0.5, 0.6) is 0 Å². The number of hydrogen-bond acceptors (Lipinski definition) is 6. The SMILES string of the molecule is CC(=O)c1cccc(NC(=O)COC(=O)CN2C(=O)[C@@H]3[C@H]4C[C@@H]([C@H](Cl)[C@H]4Cl)[C@@H]3C2=O)c1. The summed E-state index contributed by atoms with van der Waals surface area (Å²) in [4.78, 5) is 62.0. The molecule has 4 rings (SSSR count). The molecule has 2 saturated carbocycles. The minimum Gasteiger partial charge on any atom is -0.454 e. The highest BCUT2D eigenvalue weighted by Crippen LogP contribution is 2.59. The zero-order valence-corrected chi connectivity index (χ0v) is 18.1. The van der Waals surface area contributed by atoms with Crippen LogP contribution < -0.4 is 5.32 Å². The summed E-state index contributed by atoms with van der Waals surface area (Å²) in [6.07, 6.45) is 0.637. The third-order valence-corrected chi connectivity index (χ3v) is 7.60. The Labute approximate surface area is 188 Å². The molecule has 1 aromatic rings. The van der Waals surface area contributed by atoms with Crippen molar-refractivity contribution in [1.29, 1.82) is 0 Å². The lowest BCUT2D eigenvalue weighted by atomic mass is 9.80. The van der Waals surface area contributed by atoms with Gasteiger partial charge in [0.05, 0.1) is 22.6 Å². The van der Waals surface area contributed by atoms with E-state index in [1.807, 2.05) is 0 Å². The summed E-state index contributed by atoms with van der Waals surface area (Å²) in [5.74, 6) is -3.93. The number of halogens is 2. The van der Waals surface area contributed by atoms with Crippen LogP contribution in [0.2, 0.25) is 0 Å². The van der Waals surface area contributed by atoms with Gasteiger partial charge in [-0.15, -0.1) is 23.2 Å². The van der Waals surface area contributed by atoms with Gasteiger partial charge in [0.25, 0.3) is 5.91 Å². The fourth-order valence-corrected chi connectivity index (χ4v) is 5.79. The van der Waals surface area contributed by atoms with Crippen molar-refractivity contribution in [3.05, 3.63) is 29.8 Å². The van der Waals surface area contributed by atoms with Crippen LogP contribution in [-0.2, 0) is 23.9 Å². The van der Waals surface area contributed by atoms with E-state index in [4.69, 9.17) is 27.9 Å². The fourth-order valence-electron chi connectivity index (χ4n) is 4.90. The number of carbonyl (C=O) groups is 5. The molecule has 1 aliphatic heterocycles. The van der Waals surface area contributed by atoms with Crippen LogP contribution in [0.4, 0.5) is 5.69 Å². The number of anilines is 1. The van der Waals surface area contributed by atoms with Gasteiger partial charge in [-0.3, -0.25) is 28.9 Å². The van der Waals surface area contributed by atoms with Gasteiger partial charge >= 0.3 is 5.97 Å². The van der Waals surface area contributed by atoms with E-state index in [1.165, 1.54) is 13.0 Å². The summed E-state index contributed by atoms with van der Waals surface area (Å²) in [5, 5.41) is 1.77. The molecule has 0 aromatic heterocycles. The summed E-state index contributed by atoms with van der Waals surface area (Å²) in [6, 6.07) is 6.33. The highest BCUT2D eigenvalue weighted by atomic mass is 35.5. The predicted molar refractivity (Wildman–Crippen MR) is 111 cm³/mol. The van der Waals surface area contributed by atoms with Gasteiger partial charge in [-0.1, -0.05) is 12.1 Å². The topological polar surface area (TPSA) is 110 Å². The smallest absolute Gasteiger partial charge is 0.326 e. The maximum absolute atomic E-state index is 12.7. The lowest BCUT2D eigenvalue weighted by molar-refractivity contribution is -0.154. The fraction of sp³-hybridized carbons (Fsp3) is 0.476. The first-order valence-electron chi connectivity index (χ1n) is 9.89. The van der Waals surface area contributed by atoms with Gasteiger partial charge in [-0.05, 0) is 37.3 Å². The average Bonchev–Trinajstić information content (AvgIpc) is 3.33. The average molecular weight is 467 g/mol. The summed E-state index contributed by atoms with van der Waals surface area (Å²) in [5.41, 5.74) is 0.812. The largest absolute Gasteiger partial charge is 0.454 e. The number of hydrogen-bond donors (Lipinski definition) is 1. The third-order valence-electron chi connectivity index (χ3n) is 6.28. The maximum atomic E-state index is 12.7. The molecule has 1 aromatic carbocycles. The molecular weight excluding hydrogens is 447 g/mol. The molecule has 1 N–H and O–H groups in total. The van der Waals surface area contributed by atoms with Crippen molar-refractivity contribution in [2.75, 3.05) is 18.5 Å². The molecule has 0 spiro atoms. The number of nitrogens with one attached hydrogen (secondary N) is 1. The highest BCUT2D eigenvalue weighted by molar-refractivity contribution is 6.31. The molecule has 1 saturated heterocycles. The van der Waals surface area contributed by atoms with Crippen molar-refractivity contribution < 1.29 is 28.7 Å². The number of nitrogens with zero attached hydrogens (tertiary/aromatic N) is 1. The summed E-state index contributed by atoms with van der Waals surface area (Å²) < 4.78 is 4.93. The number of Topliss-reactive ketones (excluding diaryl/α,β-unsaturated/α-hetero) is 1. The zero-order valence-electron chi connectivity index (χ0n) is 16.5. The Morgan fingerprint density at radius 1 is 1.10 bits per heavy atom. The molecule has 8 nitrogen and oxygen atoms in total. The maximum Gasteiger partial charge on any atom is 0.326 e. The van der Waals surface area contributed by atoms with E-state index in [0.29, 0.717) is 17.7 Å². The first-order valence-corrected chi connectivity index (χ1v) is 10.8. The van der Waals surface area contributed by atoms with E-state index in [2.05, 4.69) is 5.32 Å².